The Kier molecular flexibility index (Phi) is 5.09. The maximum Gasteiger partial charge on any atom is 0.236 e. The van der Waals surface area contributed by atoms with Crippen molar-refractivity contribution in [2.24, 2.45) is 0 Å². The Hall–Kier alpha value is -2.13. The molecule has 1 aromatic heterocycles. The number of aromatic nitrogens is 1. The van der Waals surface area contributed by atoms with Gasteiger partial charge in [0, 0.05) is 45.5 Å². The number of hydrogen-bond donors (Lipinski definition) is 0. The maximum atomic E-state index is 12.3. The molecular formula is C17H23N5O. The molecule has 0 radical (unpaired) electrons. The Morgan fingerprint density at radius 1 is 1.13 bits per heavy atom. The molecule has 23 heavy (non-hydrogen) atoms. The van der Waals surface area contributed by atoms with Gasteiger partial charge in [-0.1, -0.05) is 0 Å². The topological polar surface area (TPSA) is 63.5 Å². The Labute approximate surface area is 137 Å². The number of piperidine rings is 1. The van der Waals surface area contributed by atoms with E-state index in [9.17, 15) is 4.79 Å². The molecule has 1 aromatic rings. The molecule has 1 amide bonds. The standard InChI is InChI=1S/C17H23N5O/c18-13-15-4-5-19-16(12-15)21-10-8-20(9-11-21)14-17(23)22-6-2-1-3-7-22/h4-5,12H,1-3,6-11,14H2. The van der Waals surface area contributed by atoms with Gasteiger partial charge in [-0.2, -0.15) is 5.26 Å². The number of likely N-dealkylation sites (tertiary alicyclic amines) is 1. The molecule has 0 spiro atoms. The van der Waals surface area contributed by atoms with Gasteiger partial charge < -0.3 is 9.80 Å². The van der Waals surface area contributed by atoms with Gasteiger partial charge in [0.05, 0.1) is 18.2 Å². The Balaban J connectivity index is 1.50. The van der Waals surface area contributed by atoms with Crippen LogP contribution in [-0.2, 0) is 4.79 Å². The lowest BCUT2D eigenvalue weighted by atomic mass is 10.1. The molecule has 0 aromatic carbocycles. The van der Waals surface area contributed by atoms with Gasteiger partial charge >= 0.3 is 0 Å². The van der Waals surface area contributed by atoms with Crippen LogP contribution in [0.4, 0.5) is 5.82 Å². The van der Waals surface area contributed by atoms with Crippen LogP contribution >= 0.6 is 0 Å². The molecule has 0 N–H and O–H groups in total. The lowest BCUT2D eigenvalue weighted by molar-refractivity contribution is -0.133. The zero-order valence-electron chi connectivity index (χ0n) is 13.4. The van der Waals surface area contributed by atoms with Crippen LogP contribution in [0.25, 0.3) is 0 Å². The largest absolute Gasteiger partial charge is 0.354 e. The molecule has 0 bridgehead atoms. The first-order chi connectivity index (χ1) is 11.3. The summed E-state index contributed by atoms with van der Waals surface area (Å²) in [6.45, 7) is 5.77. The second-order valence-corrected chi connectivity index (χ2v) is 6.22. The molecule has 6 heteroatoms. The SMILES string of the molecule is N#Cc1ccnc(N2CCN(CC(=O)N3CCCCC3)CC2)c1. The maximum absolute atomic E-state index is 12.3. The predicted octanol–water partition coefficient (Wildman–Crippen LogP) is 1.09. The third-order valence-electron chi connectivity index (χ3n) is 4.64. The van der Waals surface area contributed by atoms with E-state index in [-0.39, 0.29) is 5.91 Å². The summed E-state index contributed by atoms with van der Waals surface area (Å²) >= 11 is 0. The monoisotopic (exact) mass is 313 g/mol. The van der Waals surface area contributed by atoms with Gasteiger partial charge in [0.1, 0.15) is 5.82 Å². The van der Waals surface area contributed by atoms with Gasteiger partial charge in [0.25, 0.3) is 0 Å². The van der Waals surface area contributed by atoms with Crippen molar-refractivity contribution in [1.82, 2.24) is 14.8 Å². The highest BCUT2D eigenvalue weighted by molar-refractivity contribution is 5.78. The molecule has 0 aliphatic carbocycles. The summed E-state index contributed by atoms with van der Waals surface area (Å²) in [6.07, 6.45) is 5.21. The summed E-state index contributed by atoms with van der Waals surface area (Å²) in [5.41, 5.74) is 0.637. The molecule has 0 saturated carbocycles. The summed E-state index contributed by atoms with van der Waals surface area (Å²) in [6, 6.07) is 5.70. The number of anilines is 1. The molecule has 6 nitrogen and oxygen atoms in total. The third kappa shape index (κ3) is 3.99. The van der Waals surface area contributed by atoms with Crippen LogP contribution in [0.1, 0.15) is 24.8 Å². The number of nitriles is 1. The number of carbonyl (C=O) groups excluding carboxylic acids is 1. The highest BCUT2D eigenvalue weighted by Gasteiger charge is 2.23. The molecule has 3 heterocycles. The Morgan fingerprint density at radius 2 is 1.87 bits per heavy atom. The first kappa shape index (κ1) is 15.8. The molecule has 122 valence electrons. The van der Waals surface area contributed by atoms with Crippen LogP contribution in [0.2, 0.25) is 0 Å². The molecule has 2 aliphatic rings. The van der Waals surface area contributed by atoms with E-state index < -0.39 is 0 Å². The number of rotatable bonds is 3. The number of hydrogen-bond acceptors (Lipinski definition) is 5. The van der Waals surface area contributed by atoms with E-state index in [0.29, 0.717) is 12.1 Å². The minimum absolute atomic E-state index is 0.266. The summed E-state index contributed by atoms with van der Waals surface area (Å²) in [5, 5.41) is 8.98. The number of pyridine rings is 1. The number of amides is 1. The van der Waals surface area contributed by atoms with Crippen LogP contribution in [-0.4, -0.2) is 66.5 Å². The fraction of sp³-hybridized carbons (Fsp3) is 0.588. The van der Waals surface area contributed by atoms with E-state index in [2.05, 4.69) is 20.9 Å². The molecule has 2 saturated heterocycles. The van der Waals surface area contributed by atoms with Crippen molar-refractivity contribution in [3.8, 4) is 6.07 Å². The van der Waals surface area contributed by atoms with Crippen molar-refractivity contribution < 1.29 is 4.79 Å². The molecule has 0 unspecified atom stereocenters. The van der Waals surface area contributed by atoms with Crippen molar-refractivity contribution in [3.05, 3.63) is 23.9 Å². The lowest BCUT2D eigenvalue weighted by Crippen LogP contribution is -2.50. The number of piperazine rings is 1. The number of nitrogens with zero attached hydrogens (tertiary/aromatic N) is 5. The molecular weight excluding hydrogens is 290 g/mol. The highest BCUT2D eigenvalue weighted by Crippen LogP contribution is 2.15. The quantitative estimate of drug-likeness (QED) is 0.836. The third-order valence-corrected chi connectivity index (χ3v) is 4.64. The van der Waals surface area contributed by atoms with Crippen LogP contribution < -0.4 is 4.90 Å². The Bertz CT molecular complexity index is 583. The van der Waals surface area contributed by atoms with Crippen molar-refractivity contribution >= 4 is 11.7 Å². The van der Waals surface area contributed by atoms with Crippen molar-refractivity contribution in [1.29, 1.82) is 5.26 Å². The van der Waals surface area contributed by atoms with Crippen molar-refractivity contribution in [3.63, 3.8) is 0 Å². The summed E-state index contributed by atoms with van der Waals surface area (Å²) in [4.78, 5) is 23.1. The minimum Gasteiger partial charge on any atom is -0.354 e. The smallest absolute Gasteiger partial charge is 0.236 e. The molecule has 2 fully saturated rings. The van der Waals surface area contributed by atoms with Gasteiger partial charge in [-0.3, -0.25) is 9.69 Å². The second-order valence-electron chi connectivity index (χ2n) is 6.22. The van der Waals surface area contributed by atoms with Crippen molar-refractivity contribution in [2.75, 3.05) is 50.7 Å². The lowest BCUT2D eigenvalue weighted by Gasteiger charge is -2.36. The normalized spacial score (nSPS) is 19.4. The van der Waals surface area contributed by atoms with Gasteiger partial charge in [0.2, 0.25) is 5.91 Å². The Morgan fingerprint density at radius 3 is 2.57 bits per heavy atom. The van der Waals surface area contributed by atoms with E-state index in [1.807, 2.05) is 11.0 Å². The van der Waals surface area contributed by atoms with E-state index in [0.717, 1.165) is 57.9 Å². The minimum atomic E-state index is 0.266. The number of carbonyl (C=O) groups is 1. The van der Waals surface area contributed by atoms with E-state index >= 15 is 0 Å². The first-order valence-electron chi connectivity index (χ1n) is 8.37. The average molecular weight is 313 g/mol. The van der Waals surface area contributed by atoms with Crippen LogP contribution in [0.5, 0.6) is 0 Å². The molecule has 3 rings (SSSR count). The van der Waals surface area contributed by atoms with Crippen molar-refractivity contribution in [2.45, 2.75) is 19.3 Å². The summed E-state index contributed by atoms with van der Waals surface area (Å²) in [7, 11) is 0. The average Bonchev–Trinajstić information content (AvgIpc) is 2.63. The zero-order valence-corrected chi connectivity index (χ0v) is 13.4. The van der Waals surface area contributed by atoms with Crippen LogP contribution in [0.3, 0.4) is 0 Å². The first-order valence-corrected chi connectivity index (χ1v) is 8.37. The van der Waals surface area contributed by atoms with Gasteiger partial charge in [0.15, 0.2) is 0 Å². The summed E-state index contributed by atoms with van der Waals surface area (Å²) < 4.78 is 0. The summed E-state index contributed by atoms with van der Waals surface area (Å²) in [5.74, 6) is 1.12. The fourth-order valence-corrected chi connectivity index (χ4v) is 3.23. The van der Waals surface area contributed by atoms with E-state index in [1.54, 1.807) is 12.3 Å². The predicted molar refractivity (Wildman–Crippen MR) is 88.0 cm³/mol. The van der Waals surface area contributed by atoms with E-state index in [4.69, 9.17) is 5.26 Å². The van der Waals surface area contributed by atoms with Crippen LogP contribution in [0, 0.1) is 11.3 Å². The van der Waals surface area contributed by atoms with Gasteiger partial charge in [-0.25, -0.2) is 4.98 Å². The molecule has 2 aliphatic heterocycles. The highest BCUT2D eigenvalue weighted by atomic mass is 16.2. The second kappa shape index (κ2) is 7.42. The van der Waals surface area contributed by atoms with Crippen LogP contribution in [0.15, 0.2) is 18.3 Å². The van der Waals surface area contributed by atoms with E-state index in [1.165, 1.54) is 6.42 Å². The molecule has 0 atom stereocenters. The zero-order chi connectivity index (χ0) is 16.1. The van der Waals surface area contributed by atoms with Gasteiger partial charge in [-0.05, 0) is 31.4 Å². The van der Waals surface area contributed by atoms with Gasteiger partial charge in [-0.15, -0.1) is 0 Å². The fourth-order valence-electron chi connectivity index (χ4n) is 3.23.